The molecule has 3 N–H and O–H groups in total. The van der Waals surface area contributed by atoms with Crippen LogP contribution in [0.1, 0.15) is 19.3 Å². The number of carbonyl (C=O) groups is 2. The van der Waals surface area contributed by atoms with Crippen molar-refractivity contribution in [3.63, 3.8) is 0 Å². The summed E-state index contributed by atoms with van der Waals surface area (Å²) in [6.07, 6.45) is 1.68. The molecule has 0 aliphatic carbocycles. The second-order valence-electron chi connectivity index (χ2n) is 8.41. The molecule has 4 aliphatic rings. The van der Waals surface area contributed by atoms with Gasteiger partial charge in [-0.25, -0.2) is 18.7 Å². The van der Waals surface area contributed by atoms with Crippen LogP contribution in [-0.4, -0.2) is 103 Å². The van der Waals surface area contributed by atoms with Gasteiger partial charge in [0.1, 0.15) is 23.3 Å². The molecule has 2 bridgehead atoms. The lowest BCUT2D eigenvalue weighted by Gasteiger charge is -2.29. The van der Waals surface area contributed by atoms with Gasteiger partial charge in [0.05, 0.1) is 12.6 Å². The Balaban J connectivity index is 1.19. The molecule has 0 saturated carbocycles. The zero-order valence-corrected chi connectivity index (χ0v) is 18.8. The minimum atomic E-state index is -5.06. The Hall–Kier alpha value is -1.16. The Labute approximate surface area is 184 Å². The maximum atomic E-state index is 12.5. The van der Waals surface area contributed by atoms with Crippen molar-refractivity contribution in [3.05, 3.63) is 0 Å². The topological polar surface area (TPSA) is 152 Å². The van der Waals surface area contributed by atoms with Crippen molar-refractivity contribution in [2.24, 2.45) is 5.92 Å². The zero-order chi connectivity index (χ0) is 22.0. The fourth-order valence-electron chi connectivity index (χ4n) is 4.70. The van der Waals surface area contributed by atoms with Gasteiger partial charge in [-0.3, -0.25) is 9.63 Å². The zero-order valence-electron chi connectivity index (χ0n) is 17.2. The maximum Gasteiger partial charge on any atom is 0.346 e. The standard InChI is InChI=1S/C17H29N5O7S2/c23-16(15-2-1-14-9-21(15)17(24)22(14)29-31(25,26)27)20-28-10-13-7-12(8-19-13)11-30-5-3-18-4-6-30/h12-15,18-19H,1-11H2,(H-,20,23,25,26,27)/t12-,13+,14-,15+/m1/s1. The quantitative estimate of drug-likeness (QED) is 0.154. The van der Waals surface area contributed by atoms with Crippen LogP contribution in [0.4, 0.5) is 4.79 Å². The summed E-state index contributed by atoms with van der Waals surface area (Å²) in [5.41, 5.74) is 2.42. The van der Waals surface area contributed by atoms with E-state index in [2.05, 4.69) is 20.4 Å². The predicted molar refractivity (Wildman–Crippen MR) is 110 cm³/mol. The van der Waals surface area contributed by atoms with Gasteiger partial charge in [0, 0.05) is 38.1 Å². The van der Waals surface area contributed by atoms with Crippen LogP contribution in [0, 0.1) is 5.92 Å². The Morgan fingerprint density at radius 1 is 1.29 bits per heavy atom. The van der Waals surface area contributed by atoms with Crippen LogP contribution in [0.25, 0.3) is 0 Å². The first-order valence-electron chi connectivity index (χ1n) is 10.6. The van der Waals surface area contributed by atoms with Crippen molar-refractivity contribution >= 4 is 33.2 Å². The Kier molecular flexibility index (Phi) is 7.25. The fraction of sp³-hybridized carbons (Fsp3) is 0.882. The van der Waals surface area contributed by atoms with Crippen molar-refractivity contribution in [1.29, 1.82) is 0 Å². The molecule has 0 spiro atoms. The smallest absolute Gasteiger partial charge is 0.346 e. The lowest BCUT2D eigenvalue weighted by atomic mass is 10.0. The van der Waals surface area contributed by atoms with Gasteiger partial charge in [0.2, 0.25) is 10.4 Å². The molecule has 31 heavy (non-hydrogen) atoms. The van der Waals surface area contributed by atoms with E-state index in [1.54, 1.807) is 0 Å². The molecule has 0 unspecified atom stereocenters. The predicted octanol–water partition coefficient (Wildman–Crippen LogP) is -2.11. The highest BCUT2D eigenvalue weighted by Crippen LogP contribution is 2.30. The average molecular weight is 480 g/mol. The van der Waals surface area contributed by atoms with Gasteiger partial charge >= 0.3 is 6.03 Å². The van der Waals surface area contributed by atoms with Crippen LogP contribution in [0.3, 0.4) is 0 Å². The molecule has 4 atom stereocenters. The minimum absolute atomic E-state index is 0.121. The number of nitrogens with one attached hydrogen (secondary N) is 3. The highest BCUT2D eigenvalue weighted by atomic mass is 32.3. The number of carbonyl (C=O) groups excluding carboxylic acids is 2. The number of urea groups is 1. The van der Waals surface area contributed by atoms with E-state index < -0.39 is 34.4 Å². The first-order valence-corrected chi connectivity index (χ1v) is 13.6. The number of hydrogen-bond acceptors (Lipinski definition) is 9. The summed E-state index contributed by atoms with van der Waals surface area (Å²) < 4.78 is 36.8. The molecule has 0 aromatic rings. The third kappa shape index (κ3) is 5.80. The third-order valence-corrected chi connectivity index (χ3v) is 9.02. The van der Waals surface area contributed by atoms with Crippen LogP contribution in [0.2, 0.25) is 0 Å². The van der Waals surface area contributed by atoms with Gasteiger partial charge in [0.15, 0.2) is 0 Å². The summed E-state index contributed by atoms with van der Waals surface area (Å²) >= 11 is 0. The molecule has 0 radical (unpaired) electrons. The van der Waals surface area contributed by atoms with Crippen LogP contribution >= 0.6 is 0 Å². The van der Waals surface area contributed by atoms with Gasteiger partial charge < -0.3 is 20.1 Å². The number of fused-ring (bicyclic) bond motifs is 2. The second kappa shape index (κ2) is 9.77. The van der Waals surface area contributed by atoms with E-state index in [9.17, 15) is 22.6 Å². The Bertz CT molecular complexity index is 779. The summed E-state index contributed by atoms with van der Waals surface area (Å²) in [6.45, 7) is 3.64. The number of hydrogen-bond donors (Lipinski definition) is 3. The molecule has 4 heterocycles. The third-order valence-electron chi connectivity index (χ3n) is 6.17. The van der Waals surface area contributed by atoms with E-state index in [1.165, 1.54) is 22.2 Å². The molecule has 0 aromatic heterocycles. The first-order chi connectivity index (χ1) is 14.8. The molecular weight excluding hydrogens is 450 g/mol. The van der Waals surface area contributed by atoms with Crippen LogP contribution < -0.4 is 16.1 Å². The van der Waals surface area contributed by atoms with Gasteiger partial charge in [-0.15, -0.1) is 0 Å². The number of hydroxylamine groups is 3. The lowest BCUT2D eigenvalue weighted by Crippen LogP contribution is -2.50. The lowest BCUT2D eigenvalue weighted by molar-refractivity contribution is -0.139. The highest BCUT2D eigenvalue weighted by Gasteiger charge is 2.48. The van der Waals surface area contributed by atoms with Crippen molar-refractivity contribution in [1.82, 2.24) is 26.1 Å². The first kappa shape index (κ1) is 23.0. The number of nitrogens with zero attached hydrogens (tertiary/aromatic N) is 2. The van der Waals surface area contributed by atoms with Crippen LogP contribution in [-0.2, 0) is 35.2 Å². The highest BCUT2D eigenvalue weighted by molar-refractivity contribution is 7.96. The molecule has 0 aromatic carbocycles. The maximum absolute atomic E-state index is 12.5. The van der Waals surface area contributed by atoms with E-state index in [-0.39, 0.29) is 12.6 Å². The van der Waals surface area contributed by atoms with E-state index in [1.807, 2.05) is 0 Å². The Morgan fingerprint density at radius 3 is 2.81 bits per heavy atom. The summed E-state index contributed by atoms with van der Waals surface area (Å²) in [5.74, 6) is 3.93. The molecule has 3 amide bonds. The van der Waals surface area contributed by atoms with Gasteiger partial charge in [-0.05, 0) is 30.2 Å². The number of rotatable bonds is 8. The normalized spacial score (nSPS) is 32.0. The van der Waals surface area contributed by atoms with Crippen molar-refractivity contribution in [3.8, 4) is 0 Å². The van der Waals surface area contributed by atoms with Gasteiger partial charge in [-0.2, -0.15) is 9.35 Å². The monoisotopic (exact) mass is 479 g/mol. The summed E-state index contributed by atoms with van der Waals surface area (Å²) in [4.78, 5) is 31.5. The molecule has 4 rings (SSSR count). The molecule has 176 valence electrons. The molecule has 4 fully saturated rings. The molecular formula is C17H29N5O7S2. The van der Waals surface area contributed by atoms with Crippen LogP contribution in [0.5, 0.6) is 0 Å². The van der Waals surface area contributed by atoms with Gasteiger partial charge in [-0.1, -0.05) is 0 Å². The molecule has 4 aliphatic heterocycles. The molecule has 4 saturated heterocycles. The van der Waals surface area contributed by atoms with Crippen LogP contribution in [0.15, 0.2) is 0 Å². The fourth-order valence-corrected chi connectivity index (χ4v) is 7.41. The largest absolute Gasteiger partial charge is 0.724 e. The number of piperidine rings is 1. The van der Waals surface area contributed by atoms with E-state index >= 15 is 0 Å². The van der Waals surface area contributed by atoms with E-state index in [0.29, 0.717) is 41.3 Å². The Morgan fingerprint density at radius 2 is 2.06 bits per heavy atom. The summed E-state index contributed by atoms with van der Waals surface area (Å²) in [7, 11) is -4.56. The molecule has 14 heteroatoms. The molecule has 12 nitrogen and oxygen atoms in total. The average Bonchev–Trinajstić information content (AvgIpc) is 3.26. The minimum Gasteiger partial charge on any atom is -0.724 e. The SMILES string of the molecule is O=C(NOC[C@@H]1C[C@@H](C[S+]2CCNCC2)CN1)[C@@H]1CC[C@@H]2CN1C(=O)N2OS(=O)(=O)[O-]. The second-order valence-corrected chi connectivity index (χ2v) is 11.8. The summed E-state index contributed by atoms with van der Waals surface area (Å²) in [6, 6.07) is -1.99. The van der Waals surface area contributed by atoms with Crippen molar-refractivity contribution < 1.29 is 31.7 Å². The summed E-state index contributed by atoms with van der Waals surface area (Å²) in [5, 5.41) is 7.40. The van der Waals surface area contributed by atoms with Crippen molar-refractivity contribution in [2.75, 3.05) is 50.0 Å². The number of amides is 3. The van der Waals surface area contributed by atoms with Crippen molar-refractivity contribution in [2.45, 2.75) is 37.4 Å². The van der Waals surface area contributed by atoms with Gasteiger partial charge in [0.25, 0.3) is 5.91 Å². The van der Waals surface area contributed by atoms with E-state index in [4.69, 9.17) is 4.84 Å². The van der Waals surface area contributed by atoms with E-state index in [0.717, 1.165) is 26.1 Å².